The van der Waals surface area contributed by atoms with Crippen molar-refractivity contribution < 1.29 is 19.1 Å². The third-order valence-corrected chi connectivity index (χ3v) is 5.16. The monoisotopic (exact) mass is 418 g/mol. The quantitative estimate of drug-likeness (QED) is 0.460. The average Bonchev–Trinajstić information content (AvgIpc) is 3.38. The van der Waals surface area contributed by atoms with Crippen LogP contribution in [-0.2, 0) is 16.1 Å². The first kappa shape index (κ1) is 18.8. The molecule has 10 heteroatoms. The zero-order chi connectivity index (χ0) is 21.5. The maximum absolute atomic E-state index is 12.5. The molecule has 5 rings (SSSR count). The number of fused-ring (bicyclic) bond motifs is 2. The summed E-state index contributed by atoms with van der Waals surface area (Å²) in [5.41, 5.74) is 3.89. The second-order valence-corrected chi connectivity index (χ2v) is 7.38. The van der Waals surface area contributed by atoms with Crippen molar-refractivity contribution in [3.05, 3.63) is 48.0 Å². The Morgan fingerprint density at radius 3 is 2.84 bits per heavy atom. The standard InChI is InChI=1S/C21H18N6O4/c1-27-10-12-8-11(6-7-13(12)22-16(21(27)30)9-17(28)29)19-25-26-20(31-19)18-23-14-4-2-3-5-15(14)24-18/h2-8,16,22H,9-10H2,1H3,(H,23,24)(H,28,29). The number of aromatic nitrogens is 4. The summed E-state index contributed by atoms with van der Waals surface area (Å²) in [6, 6.07) is 12.2. The van der Waals surface area contributed by atoms with Crippen LogP contribution in [0.3, 0.4) is 0 Å². The van der Waals surface area contributed by atoms with Gasteiger partial charge < -0.3 is 24.7 Å². The average molecular weight is 418 g/mol. The smallest absolute Gasteiger partial charge is 0.305 e. The number of carbonyl (C=O) groups excluding carboxylic acids is 1. The van der Waals surface area contributed by atoms with Crippen LogP contribution in [0.2, 0.25) is 0 Å². The molecule has 1 unspecified atom stereocenters. The highest BCUT2D eigenvalue weighted by Gasteiger charge is 2.29. The number of carboxylic acids is 1. The number of H-pyrrole nitrogens is 1. The summed E-state index contributed by atoms with van der Waals surface area (Å²) in [7, 11) is 1.65. The molecule has 1 aliphatic heterocycles. The van der Waals surface area contributed by atoms with Crippen molar-refractivity contribution in [2.45, 2.75) is 19.0 Å². The Balaban J connectivity index is 1.46. The minimum Gasteiger partial charge on any atom is -0.481 e. The summed E-state index contributed by atoms with van der Waals surface area (Å²) < 4.78 is 5.83. The van der Waals surface area contributed by atoms with Crippen molar-refractivity contribution in [1.29, 1.82) is 0 Å². The number of rotatable bonds is 4. The van der Waals surface area contributed by atoms with Crippen LogP contribution >= 0.6 is 0 Å². The van der Waals surface area contributed by atoms with Crippen LogP contribution in [0.5, 0.6) is 0 Å². The van der Waals surface area contributed by atoms with Crippen molar-refractivity contribution in [1.82, 2.24) is 25.1 Å². The maximum atomic E-state index is 12.5. The molecule has 2 aromatic carbocycles. The summed E-state index contributed by atoms with van der Waals surface area (Å²) >= 11 is 0. The van der Waals surface area contributed by atoms with Gasteiger partial charge >= 0.3 is 5.97 Å². The van der Waals surface area contributed by atoms with Gasteiger partial charge in [0.25, 0.3) is 5.89 Å². The third kappa shape index (κ3) is 3.48. The normalized spacial score (nSPS) is 16.1. The predicted molar refractivity (Wildman–Crippen MR) is 111 cm³/mol. The lowest BCUT2D eigenvalue weighted by atomic mass is 10.1. The number of nitrogens with one attached hydrogen (secondary N) is 2. The number of aliphatic carboxylic acids is 1. The van der Waals surface area contributed by atoms with Gasteiger partial charge in [-0.2, -0.15) is 0 Å². The van der Waals surface area contributed by atoms with Crippen LogP contribution < -0.4 is 5.32 Å². The van der Waals surface area contributed by atoms with E-state index in [2.05, 4.69) is 25.5 Å². The van der Waals surface area contributed by atoms with E-state index in [4.69, 9.17) is 9.52 Å². The lowest BCUT2D eigenvalue weighted by Gasteiger charge is -2.19. The number of amides is 1. The van der Waals surface area contributed by atoms with Crippen LogP contribution in [0.4, 0.5) is 5.69 Å². The molecule has 2 aromatic heterocycles. The highest BCUT2D eigenvalue weighted by atomic mass is 16.4. The lowest BCUT2D eigenvalue weighted by Crippen LogP contribution is -2.39. The fourth-order valence-corrected chi connectivity index (χ4v) is 3.65. The Bertz CT molecular complexity index is 1280. The van der Waals surface area contributed by atoms with Crippen molar-refractivity contribution in [2.24, 2.45) is 0 Å². The van der Waals surface area contributed by atoms with Gasteiger partial charge in [0.15, 0.2) is 5.82 Å². The summed E-state index contributed by atoms with van der Waals surface area (Å²) in [4.78, 5) is 32.7. The SMILES string of the molecule is CN1Cc2cc(-c3nnc(-c4nc5ccccc5[nH]4)o3)ccc2NC(CC(=O)O)C1=O. The number of nitrogens with zero attached hydrogens (tertiary/aromatic N) is 4. The van der Waals surface area contributed by atoms with E-state index in [9.17, 15) is 9.59 Å². The van der Waals surface area contributed by atoms with E-state index < -0.39 is 12.0 Å². The van der Waals surface area contributed by atoms with E-state index in [1.807, 2.05) is 30.3 Å². The summed E-state index contributed by atoms with van der Waals surface area (Å²) in [6.07, 6.45) is -0.297. The number of benzene rings is 2. The fraction of sp³-hybridized carbons (Fsp3) is 0.190. The molecule has 4 aromatic rings. The van der Waals surface area contributed by atoms with Crippen LogP contribution in [0, 0.1) is 0 Å². The van der Waals surface area contributed by atoms with Crippen LogP contribution in [-0.4, -0.2) is 55.1 Å². The molecule has 156 valence electrons. The molecule has 1 atom stereocenters. The third-order valence-electron chi connectivity index (χ3n) is 5.16. The van der Waals surface area contributed by atoms with E-state index in [1.54, 1.807) is 19.2 Å². The number of imidazole rings is 1. The Morgan fingerprint density at radius 2 is 2.03 bits per heavy atom. The van der Waals surface area contributed by atoms with Crippen molar-refractivity contribution >= 4 is 28.6 Å². The van der Waals surface area contributed by atoms with Crippen LogP contribution in [0.25, 0.3) is 34.2 Å². The van der Waals surface area contributed by atoms with Gasteiger partial charge in [0.2, 0.25) is 11.8 Å². The fourth-order valence-electron chi connectivity index (χ4n) is 3.65. The van der Waals surface area contributed by atoms with E-state index in [0.29, 0.717) is 29.5 Å². The Hall–Kier alpha value is -4.21. The van der Waals surface area contributed by atoms with Crippen LogP contribution in [0.1, 0.15) is 12.0 Å². The number of anilines is 1. The Morgan fingerprint density at radius 1 is 1.23 bits per heavy atom. The van der Waals surface area contributed by atoms with Gasteiger partial charge in [-0.05, 0) is 35.9 Å². The number of hydrogen-bond donors (Lipinski definition) is 3. The number of likely N-dealkylation sites (N-methyl/N-ethyl adjacent to an activating group) is 1. The maximum Gasteiger partial charge on any atom is 0.305 e. The Labute approximate surface area is 175 Å². The molecule has 1 amide bonds. The number of aromatic amines is 1. The molecular formula is C21H18N6O4. The van der Waals surface area contributed by atoms with E-state index >= 15 is 0 Å². The van der Waals surface area contributed by atoms with E-state index in [-0.39, 0.29) is 18.2 Å². The Kier molecular flexibility index (Phi) is 4.39. The predicted octanol–water partition coefficient (Wildman–Crippen LogP) is 2.51. The highest BCUT2D eigenvalue weighted by molar-refractivity contribution is 5.90. The van der Waals surface area contributed by atoms with Gasteiger partial charge in [-0.1, -0.05) is 12.1 Å². The molecule has 0 saturated heterocycles. The van der Waals surface area contributed by atoms with Crippen LogP contribution in [0.15, 0.2) is 46.9 Å². The minimum absolute atomic E-state index is 0.271. The van der Waals surface area contributed by atoms with E-state index in [1.165, 1.54) is 4.90 Å². The molecule has 10 nitrogen and oxygen atoms in total. The topological polar surface area (TPSA) is 137 Å². The molecule has 0 radical (unpaired) electrons. The van der Waals surface area contributed by atoms with Gasteiger partial charge in [-0.15, -0.1) is 10.2 Å². The largest absolute Gasteiger partial charge is 0.481 e. The zero-order valence-corrected chi connectivity index (χ0v) is 16.5. The van der Waals surface area contributed by atoms with Gasteiger partial charge in [0, 0.05) is 24.8 Å². The van der Waals surface area contributed by atoms with Crippen molar-refractivity contribution in [3.8, 4) is 23.2 Å². The minimum atomic E-state index is -1.04. The molecule has 0 bridgehead atoms. The van der Waals surface area contributed by atoms with Gasteiger partial charge in [-0.25, -0.2) is 4.98 Å². The summed E-state index contributed by atoms with van der Waals surface area (Å²) in [6.45, 7) is 0.329. The molecule has 3 N–H and O–H groups in total. The molecule has 1 aliphatic rings. The first-order chi connectivity index (χ1) is 15.0. The molecule has 0 spiro atoms. The number of carboxylic acid groups (broad SMARTS) is 1. The summed E-state index contributed by atoms with van der Waals surface area (Å²) in [5, 5.41) is 20.4. The van der Waals surface area contributed by atoms with Crippen molar-refractivity contribution in [3.63, 3.8) is 0 Å². The first-order valence-electron chi connectivity index (χ1n) is 9.63. The van der Waals surface area contributed by atoms with Gasteiger partial charge in [0.05, 0.1) is 17.5 Å². The number of hydrogen-bond acceptors (Lipinski definition) is 7. The summed E-state index contributed by atoms with van der Waals surface area (Å²) in [5.74, 6) is -0.238. The van der Waals surface area contributed by atoms with Gasteiger partial charge in [-0.3, -0.25) is 9.59 Å². The first-order valence-corrected chi connectivity index (χ1v) is 9.63. The molecule has 3 heterocycles. The lowest BCUT2D eigenvalue weighted by molar-refractivity contribution is -0.141. The highest BCUT2D eigenvalue weighted by Crippen LogP contribution is 2.30. The zero-order valence-electron chi connectivity index (χ0n) is 16.5. The number of carbonyl (C=O) groups is 2. The second-order valence-electron chi connectivity index (χ2n) is 7.38. The molecule has 31 heavy (non-hydrogen) atoms. The van der Waals surface area contributed by atoms with Gasteiger partial charge in [0.1, 0.15) is 6.04 Å². The molecule has 0 saturated carbocycles. The molecular weight excluding hydrogens is 400 g/mol. The van der Waals surface area contributed by atoms with E-state index in [0.717, 1.165) is 16.6 Å². The second kappa shape index (κ2) is 7.24. The molecule has 0 aliphatic carbocycles. The number of para-hydroxylation sites is 2. The molecule has 0 fully saturated rings. The van der Waals surface area contributed by atoms with Crippen molar-refractivity contribution in [2.75, 3.05) is 12.4 Å².